The van der Waals surface area contributed by atoms with Crippen LogP contribution in [0.4, 0.5) is 10.5 Å². The van der Waals surface area contributed by atoms with Gasteiger partial charge in [-0.3, -0.25) is 5.10 Å². The first-order valence-electron chi connectivity index (χ1n) is 8.72. The molecule has 0 spiro atoms. The molecule has 8 nitrogen and oxygen atoms in total. The number of imidazole rings is 1. The molecule has 0 bridgehead atoms. The van der Waals surface area contributed by atoms with E-state index in [9.17, 15) is 4.79 Å². The Morgan fingerprint density at radius 2 is 2.31 bits per heavy atom. The van der Waals surface area contributed by atoms with Gasteiger partial charge in [-0.25, -0.2) is 14.8 Å². The number of likely N-dealkylation sites (tertiary alicyclic amines) is 1. The molecule has 0 unspecified atom stereocenters. The van der Waals surface area contributed by atoms with Gasteiger partial charge in [0.15, 0.2) is 5.82 Å². The number of nitrogens with zero attached hydrogens (tertiary/aromatic N) is 4. The number of aryl methyl sites for hydroxylation is 1. The molecule has 4 rings (SSSR count). The Balaban J connectivity index is 1.44. The van der Waals surface area contributed by atoms with E-state index in [0.717, 1.165) is 48.0 Å². The summed E-state index contributed by atoms with van der Waals surface area (Å²) in [7, 11) is 0. The Labute approximate surface area is 151 Å². The highest BCUT2D eigenvalue weighted by Crippen LogP contribution is 2.25. The van der Waals surface area contributed by atoms with Crippen molar-refractivity contribution in [2.45, 2.75) is 25.7 Å². The molecule has 1 atom stereocenters. The van der Waals surface area contributed by atoms with Crippen LogP contribution in [0.15, 0.2) is 36.8 Å². The van der Waals surface area contributed by atoms with Crippen molar-refractivity contribution in [2.24, 2.45) is 0 Å². The van der Waals surface area contributed by atoms with E-state index in [2.05, 4.69) is 30.5 Å². The quantitative estimate of drug-likeness (QED) is 0.675. The van der Waals surface area contributed by atoms with Gasteiger partial charge < -0.3 is 15.2 Å². The van der Waals surface area contributed by atoms with E-state index in [1.807, 2.05) is 36.1 Å². The predicted molar refractivity (Wildman–Crippen MR) is 97.7 cm³/mol. The maximum atomic E-state index is 12.7. The van der Waals surface area contributed by atoms with Gasteiger partial charge in [-0.2, -0.15) is 5.10 Å². The van der Waals surface area contributed by atoms with Crippen LogP contribution in [0.5, 0.6) is 0 Å². The minimum atomic E-state index is -0.0938. The van der Waals surface area contributed by atoms with E-state index in [-0.39, 0.29) is 11.9 Å². The first-order valence-corrected chi connectivity index (χ1v) is 8.72. The average molecular weight is 351 g/mol. The van der Waals surface area contributed by atoms with Gasteiger partial charge in [0, 0.05) is 30.3 Å². The molecule has 0 aliphatic carbocycles. The van der Waals surface area contributed by atoms with Crippen LogP contribution < -0.4 is 5.32 Å². The molecule has 1 saturated heterocycles. The molecule has 134 valence electrons. The first kappa shape index (κ1) is 16.3. The van der Waals surface area contributed by atoms with E-state index in [1.165, 1.54) is 0 Å². The topological polar surface area (TPSA) is 103 Å². The summed E-state index contributed by atoms with van der Waals surface area (Å²) in [4.78, 5) is 26.1. The number of benzene rings is 1. The highest BCUT2D eigenvalue weighted by Gasteiger charge is 2.27. The molecule has 26 heavy (non-hydrogen) atoms. The second-order valence-corrected chi connectivity index (χ2v) is 6.54. The van der Waals surface area contributed by atoms with Crippen LogP contribution in [0.3, 0.4) is 0 Å². The lowest BCUT2D eigenvalue weighted by Crippen LogP contribution is -2.41. The molecule has 2 aromatic heterocycles. The van der Waals surface area contributed by atoms with E-state index >= 15 is 0 Å². The number of carbonyl (C=O) groups excluding carboxylic acids is 1. The molecule has 1 aromatic carbocycles. The Morgan fingerprint density at radius 3 is 3.08 bits per heavy atom. The van der Waals surface area contributed by atoms with Crippen LogP contribution >= 0.6 is 0 Å². The lowest BCUT2D eigenvalue weighted by atomic mass is 9.97. The number of aromatic amines is 2. The second-order valence-electron chi connectivity index (χ2n) is 6.54. The van der Waals surface area contributed by atoms with Crippen molar-refractivity contribution in [2.75, 3.05) is 18.4 Å². The molecule has 3 aromatic rings. The highest BCUT2D eigenvalue weighted by molar-refractivity contribution is 5.90. The summed E-state index contributed by atoms with van der Waals surface area (Å²) in [5.74, 6) is 1.77. The average Bonchev–Trinajstić information content (AvgIpc) is 3.34. The largest absolute Gasteiger partial charge is 0.345 e. The number of urea groups is 1. The van der Waals surface area contributed by atoms with Crippen LogP contribution in [-0.2, 0) is 0 Å². The Hall–Kier alpha value is -3.16. The van der Waals surface area contributed by atoms with E-state index in [0.29, 0.717) is 6.54 Å². The molecule has 0 saturated carbocycles. The fraction of sp³-hybridized carbons (Fsp3) is 0.333. The number of aromatic nitrogens is 5. The zero-order chi connectivity index (χ0) is 17.9. The van der Waals surface area contributed by atoms with Crippen LogP contribution in [0.25, 0.3) is 11.3 Å². The number of carbonyl (C=O) groups is 1. The van der Waals surface area contributed by atoms with Crippen molar-refractivity contribution in [3.05, 3.63) is 48.4 Å². The minimum Gasteiger partial charge on any atom is -0.345 e. The number of nitrogens with one attached hydrogen (secondary N) is 3. The number of amides is 2. The number of piperidine rings is 1. The molecule has 1 aliphatic heterocycles. The van der Waals surface area contributed by atoms with E-state index < -0.39 is 0 Å². The fourth-order valence-corrected chi connectivity index (χ4v) is 3.30. The maximum Gasteiger partial charge on any atom is 0.321 e. The van der Waals surface area contributed by atoms with Gasteiger partial charge in [-0.15, -0.1) is 0 Å². The molecule has 1 fully saturated rings. The molecular weight excluding hydrogens is 330 g/mol. The van der Waals surface area contributed by atoms with E-state index in [1.54, 1.807) is 12.5 Å². The summed E-state index contributed by atoms with van der Waals surface area (Å²) in [6.45, 7) is 3.26. The first-order chi connectivity index (χ1) is 12.7. The Kier molecular flexibility index (Phi) is 4.39. The molecule has 3 heterocycles. The van der Waals surface area contributed by atoms with Crippen LogP contribution in [0.2, 0.25) is 0 Å². The number of hydrogen-bond acceptors (Lipinski definition) is 4. The lowest BCUT2D eigenvalue weighted by molar-refractivity contribution is 0.191. The summed E-state index contributed by atoms with van der Waals surface area (Å²) < 4.78 is 0. The van der Waals surface area contributed by atoms with Gasteiger partial charge in [-0.1, -0.05) is 12.1 Å². The summed E-state index contributed by atoms with van der Waals surface area (Å²) in [5, 5.41) is 10.1. The minimum absolute atomic E-state index is 0.0938. The third-order valence-electron chi connectivity index (χ3n) is 4.61. The second kappa shape index (κ2) is 6.99. The number of rotatable bonds is 3. The van der Waals surface area contributed by atoms with Gasteiger partial charge in [0.2, 0.25) is 0 Å². The zero-order valence-corrected chi connectivity index (χ0v) is 14.6. The van der Waals surface area contributed by atoms with Crippen molar-refractivity contribution in [3.63, 3.8) is 0 Å². The maximum absolute atomic E-state index is 12.7. The molecular formula is C18H21N7O. The summed E-state index contributed by atoms with van der Waals surface area (Å²) in [6.07, 6.45) is 5.34. The summed E-state index contributed by atoms with van der Waals surface area (Å²) in [6, 6.07) is 7.62. The molecule has 0 radical (unpaired) electrons. The van der Waals surface area contributed by atoms with Crippen molar-refractivity contribution in [3.8, 4) is 11.3 Å². The lowest BCUT2D eigenvalue weighted by Gasteiger charge is -2.31. The smallest absolute Gasteiger partial charge is 0.321 e. The van der Waals surface area contributed by atoms with Crippen LogP contribution in [0, 0.1) is 6.92 Å². The zero-order valence-electron chi connectivity index (χ0n) is 14.6. The number of H-pyrrole nitrogens is 2. The number of hydrogen-bond donors (Lipinski definition) is 3. The monoisotopic (exact) mass is 351 g/mol. The van der Waals surface area contributed by atoms with Gasteiger partial charge in [0.25, 0.3) is 0 Å². The predicted octanol–water partition coefficient (Wildman–Crippen LogP) is 2.91. The Bertz CT molecular complexity index is 887. The summed E-state index contributed by atoms with van der Waals surface area (Å²) in [5.41, 5.74) is 2.66. The van der Waals surface area contributed by atoms with Crippen molar-refractivity contribution < 1.29 is 4.79 Å². The normalized spacial score (nSPS) is 17.3. The molecule has 8 heteroatoms. The fourth-order valence-electron chi connectivity index (χ4n) is 3.30. The molecule has 2 amide bonds. The third kappa shape index (κ3) is 3.44. The van der Waals surface area contributed by atoms with Crippen LogP contribution in [0.1, 0.15) is 30.4 Å². The molecule has 1 aliphatic rings. The SMILES string of the molecule is Cc1nc([C@H]2CCCN(C(=O)Nc3cccc(-c4cnc[nH]4)c3)C2)n[nH]1. The highest BCUT2D eigenvalue weighted by atomic mass is 16.2. The van der Waals surface area contributed by atoms with Gasteiger partial charge in [-0.05, 0) is 31.9 Å². The van der Waals surface area contributed by atoms with Crippen LogP contribution in [-0.4, -0.2) is 49.2 Å². The van der Waals surface area contributed by atoms with Crippen molar-refractivity contribution >= 4 is 11.7 Å². The third-order valence-corrected chi connectivity index (χ3v) is 4.61. The van der Waals surface area contributed by atoms with Gasteiger partial charge in [0.05, 0.1) is 18.2 Å². The molecule has 3 N–H and O–H groups in total. The Morgan fingerprint density at radius 1 is 1.38 bits per heavy atom. The van der Waals surface area contributed by atoms with E-state index in [4.69, 9.17) is 0 Å². The standard InChI is InChI=1S/C18H21N7O/c1-12-21-17(24-23-12)14-5-3-7-25(10-14)18(26)22-15-6-2-4-13(8-15)16-9-19-11-20-16/h2,4,6,8-9,11,14H,3,5,7,10H2,1H3,(H,19,20)(H,22,26)(H,21,23,24)/t14-/m0/s1. The van der Waals surface area contributed by atoms with Gasteiger partial charge in [0.1, 0.15) is 5.82 Å². The van der Waals surface area contributed by atoms with Crippen molar-refractivity contribution in [1.29, 1.82) is 0 Å². The summed E-state index contributed by atoms with van der Waals surface area (Å²) >= 11 is 0. The van der Waals surface area contributed by atoms with Gasteiger partial charge >= 0.3 is 6.03 Å². The number of anilines is 1. The van der Waals surface area contributed by atoms with Crippen molar-refractivity contribution in [1.82, 2.24) is 30.0 Å².